The van der Waals surface area contributed by atoms with Crippen LogP contribution < -0.4 is 0 Å². The third kappa shape index (κ3) is 2.36. The summed E-state index contributed by atoms with van der Waals surface area (Å²) in [6.45, 7) is 8.64. The molecule has 1 fully saturated rings. The Morgan fingerprint density at radius 2 is 1.92 bits per heavy atom. The molecule has 0 aromatic rings. The normalized spacial score (nSPS) is 19.8. The van der Waals surface area contributed by atoms with Gasteiger partial charge in [-0.25, -0.2) is 0 Å². The van der Waals surface area contributed by atoms with Gasteiger partial charge in [-0.2, -0.15) is 0 Å². The van der Waals surface area contributed by atoms with Gasteiger partial charge in [-0.15, -0.1) is 6.58 Å². The largest absolute Gasteiger partial charge is 0.103 e. The van der Waals surface area contributed by atoms with Crippen molar-refractivity contribution in [2.75, 3.05) is 0 Å². The molecular formula is C12H22. The second-order valence-corrected chi connectivity index (χ2v) is 4.80. The molecule has 0 atom stereocenters. The molecule has 0 radical (unpaired) electrons. The standard InChI is InChI=1S/C12H22/c1-4-5-10-12(2,3)11-8-6-7-9-11/h4,11H,1,5-10H2,2-3H3. The first kappa shape index (κ1) is 9.83. The maximum absolute atomic E-state index is 3.79. The minimum absolute atomic E-state index is 0.560. The van der Waals surface area contributed by atoms with Crippen molar-refractivity contribution in [1.29, 1.82) is 0 Å². The van der Waals surface area contributed by atoms with Crippen LogP contribution in [0.3, 0.4) is 0 Å². The van der Waals surface area contributed by atoms with Crippen molar-refractivity contribution < 1.29 is 0 Å². The zero-order valence-corrected chi connectivity index (χ0v) is 8.60. The van der Waals surface area contributed by atoms with Crippen molar-refractivity contribution in [2.24, 2.45) is 11.3 Å². The molecular weight excluding hydrogens is 144 g/mol. The minimum atomic E-state index is 0.560. The van der Waals surface area contributed by atoms with Gasteiger partial charge in [-0.05, 0) is 37.0 Å². The van der Waals surface area contributed by atoms with Gasteiger partial charge in [-0.3, -0.25) is 0 Å². The summed E-state index contributed by atoms with van der Waals surface area (Å²) in [5.74, 6) is 0.984. The highest BCUT2D eigenvalue weighted by atomic mass is 14.4. The number of hydrogen-bond acceptors (Lipinski definition) is 0. The first-order chi connectivity index (χ1) is 5.67. The zero-order valence-electron chi connectivity index (χ0n) is 8.60. The second kappa shape index (κ2) is 4.11. The van der Waals surface area contributed by atoms with Gasteiger partial charge in [0.2, 0.25) is 0 Å². The van der Waals surface area contributed by atoms with Crippen molar-refractivity contribution in [2.45, 2.75) is 52.4 Å². The van der Waals surface area contributed by atoms with Crippen molar-refractivity contribution in [1.82, 2.24) is 0 Å². The van der Waals surface area contributed by atoms with Gasteiger partial charge in [0.1, 0.15) is 0 Å². The summed E-state index contributed by atoms with van der Waals surface area (Å²) in [4.78, 5) is 0. The topological polar surface area (TPSA) is 0 Å². The van der Waals surface area contributed by atoms with E-state index in [0.717, 1.165) is 5.92 Å². The summed E-state index contributed by atoms with van der Waals surface area (Å²) in [6.07, 6.45) is 10.4. The van der Waals surface area contributed by atoms with E-state index in [1.54, 1.807) is 0 Å². The van der Waals surface area contributed by atoms with Gasteiger partial charge in [0.25, 0.3) is 0 Å². The van der Waals surface area contributed by atoms with Crippen LogP contribution in [0.15, 0.2) is 12.7 Å². The molecule has 1 saturated carbocycles. The Kier molecular flexibility index (Phi) is 3.37. The summed E-state index contributed by atoms with van der Waals surface area (Å²) < 4.78 is 0. The SMILES string of the molecule is C=CCCC(C)(C)C1CCCC1. The fraction of sp³-hybridized carbons (Fsp3) is 0.833. The van der Waals surface area contributed by atoms with Gasteiger partial charge >= 0.3 is 0 Å². The first-order valence-electron chi connectivity index (χ1n) is 5.28. The van der Waals surface area contributed by atoms with Crippen molar-refractivity contribution in [3.63, 3.8) is 0 Å². The number of hydrogen-bond donors (Lipinski definition) is 0. The van der Waals surface area contributed by atoms with Crippen LogP contribution in [0.25, 0.3) is 0 Å². The van der Waals surface area contributed by atoms with Crippen LogP contribution >= 0.6 is 0 Å². The van der Waals surface area contributed by atoms with E-state index in [9.17, 15) is 0 Å². The van der Waals surface area contributed by atoms with Crippen LogP contribution in [-0.2, 0) is 0 Å². The van der Waals surface area contributed by atoms with E-state index < -0.39 is 0 Å². The maximum atomic E-state index is 3.79. The third-order valence-electron chi connectivity index (χ3n) is 3.45. The van der Waals surface area contributed by atoms with Crippen LogP contribution in [0.1, 0.15) is 52.4 Å². The average Bonchev–Trinajstić information content (AvgIpc) is 2.53. The Morgan fingerprint density at radius 3 is 2.42 bits per heavy atom. The fourth-order valence-electron chi connectivity index (χ4n) is 2.39. The molecule has 0 heteroatoms. The lowest BCUT2D eigenvalue weighted by atomic mass is 9.74. The van der Waals surface area contributed by atoms with Crippen molar-refractivity contribution in [3.05, 3.63) is 12.7 Å². The Hall–Kier alpha value is -0.260. The van der Waals surface area contributed by atoms with Crippen LogP contribution in [0, 0.1) is 11.3 Å². The molecule has 0 aromatic heterocycles. The minimum Gasteiger partial charge on any atom is -0.103 e. The van der Waals surface area contributed by atoms with E-state index in [4.69, 9.17) is 0 Å². The molecule has 0 aliphatic heterocycles. The Bertz CT molecular complexity index is 138. The van der Waals surface area contributed by atoms with Gasteiger partial charge in [0, 0.05) is 0 Å². The zero-order chi connectivity index (χ0) is 9.03. The maximum Gasteiger partial charge on any atom is -0.0323 e. The predicted molar refractivity (Wildman–Crippen MR) is 55.2 cm³/mol. The van der Waals surface area contributed by atoms with Gasteiger partial charge in [0.15, 0.2) is 0 Å². The Morgan fingerprint density at radius 1 is 1.33 bits per heavy atom. The van der Waals surface area contributed by atoms with Gasteiger partial charge in [-0.1, -0.05) is 32.8 Å². The van der Waals surface area contributed by atoms with Crippen LogP contribution in [0.5, 0.6) is 0 Å². The van der Waals surface area contributed by atoms with Crippen molar-refractivity contribution >= 4 is 0 Å². The molecule has 0 N–H and O–H groups in total. The smallest absolute Gasteiger partial charge is 0.0323 e. The Balaban J connectivity index is 2.39. The molecule has 0 bridgehead atoms. The predicted octanol–water partition coefficient (Wildman–Crippen LogP) is 4.17. The molecule has 1 aliphatic carbocycles. The third-order valence-corrected chi connectivity index (χ3v) is 3.45. The van der Waals surface area contributed by atoms with E-state index in [0.29, 0.717) is 5.41 Å². The van der Waals surface area contributed by atoms with Gasteiger partial charge in [0.05, 0.1) is 0 Å². The van der Waals surface area contributed by atoms with Crippen LogP contribution in [0.4, 0.5) is 0 Å². The van der Waals surface area contributed by atoms with E-state index in [1.807, 2.05) is 0 Å². The molecule has 0 aromatic carbocycles. The fourth-order valence-corrected chi connectivity index (χ4v) is 2.39. The highest BCUT2D eigenvalue weighted by Crippen LogP contribution is 2.42. The molecule has 70 valence electrons. The lowest BCUT2D eigenvalue weighted by Crippen LogP contribution is -2.21. The molecule has 0 unspecified atom stereocenters. The molecule has 0 nitrogen and oxygen atoms in total. The molecule has 0 saturated heterocycles. The van der Waals surface area contributed by atoms with Gasteiger partial charge < -0.3 is 0 Å². The Labute approximate surface area is 77.1 Å². The highest BCUT2D eigenvalue weighted by molar-refractivity contribution is 4.84. The van der Waals surface area contributed by atoms with Crippen LogP contribution in [0.2, 0.25) is 0 Å². The second-order valence-electron chi connectivity index (χ2n) is 4.80. The monoisotopic (exact) mass is 166 g/mol. The van der Waals surface area contributed by atoms with E-state index in [2.05, 4.69) is 26.5 Å². The van der Waals surface area contributed by atoms with E-state index in [-0.39, 0.29) is 0 Å². The molecule has 1 aliphatic rings. The summed E-state index contributed by atoms with van der Waals surface area (Å²) in [5.41, 5.74) is 0.560. The lowest BCUT2D eigenvalue weighted by Gasteiger charge is -2.31. The number of rotatable bonds is 4. The summed E-state index contributed by atoms with van der Waals surface area (Å²) >= 11 is 0. The molecule has 0 amide bonds. The summed E-state index contributed by atoms with van der Waals surface area (Å²) in [5, 5.41) is 0. The number of allylic oxidation sites excluding steroid dienone is 1. The molecule has 12 heavy (non-hydrogen) atoms. The lowest BCUT2D eigenvalue weighted by molar-refractivity contribution is 0.201. The summed E-state index contributed by atoms with van der Waals surface area (Å²) in [7, 11) is 0. The molecule has 0 heterocycles. The first-order valence-corrected chi connectivity index (χ1v) is 5.28. The molecule has 0 spiro atoms. The quantitative estimate of drug-likeness (QED) is 0.550. The van der Waals surface area contributed by atoms with Crippen molar-refractivity contribution in [3.8, 4) is 0 Å². The highest BCUT2D eigenvalue weighted by Gasteiger charge is 2.30. The van der Waals surface area contributed by atoms with E-state index >= 15 is 0 Å². The average molecular weight is 166 g/mol. The summed E-state index contributed by atoms with van der Waals surface area (Å²) in [6, 6.07) is 0. The molecule has 1 rings (SSSR count). The van der Waals surface area contributed by atoms with E-state index in [1.165, 1.54) is 38.5 Å². The van der Waals surface area contributed by atoms with Crippen LogP contribution in [-0.4, -0.2) is 0 Å².